The van der Waals surface area contributed by atoms with Crippen LogP contribution in [0.2, 0.25) is 0 Å². The highest BCUT2D eigenvalue weighted by atomic mass is 16.1. The number of nitrogens with zero attached hydrogens (tertiary/aromatic N) is 2. The van der Waals surface area contributed by atoms with Gasteiger partial charge in [-0.3, -0.25) is 9.48 Å². The van der Waals surface area contributed by atoms with Crippen molar-refractivity contribution in [2.45, 2.75) is 33.4 Å². The standard InChI is InChI=1S/C17H20N4O/c1-11-7-12(2)14-9-16(20-15(14)8-11)17(22)19-13(3)10-21-6-4-5-18-21/h4-9,13,20H,10H2,1-3H3,(H,19,22). The Morgan fingerprint density at radius 1 is 1.36 bits per heavy atom. The molecule has 2 aromatic heterocycles. The number of fused-ring (bicyclic) bond motifs is 1. The van der Waals surface area contributed by atoms with E-state index in [0.29, 0.717) is 12.2 Å². The Labute approximate surface area is 129 Å². The summed E-state index contributed by atoms with van der Waals surface area (Å²) in [7, 11) is 0. The number of aryl methyl sites for hydroxylation is 2. The fourth-order valence-corrected chi connectivity index (χ4v) is 2.76. The van der Waals surface area contributed by atoms with E-state index < -0.39 is 0 Å². The Balaban J connectivity index is 1.76. The van der Waals surface area contributed by atoms with Gasteiger partial charge >= 0.3 is 0 Å². The summed E-state index contributed by atoms with van der Waals surface area (Å²) in [6.45, 7) is 6.74. The second kappa shape index (κ2) is 5.67. The highest BCUT2D eigenvalue weighted by Crippen LogP contribution is 2.21. The zero-order valence-electron chi connectivity index (χ0n) is 13.1. The van der Waals surface area contributed by atoms with Crippen LogP contribution in [0.15, 0.2) is 36.7 Å². The average Bonchev–Trinajstić information content (AvgIpc) is 3.07. The number of rotatable bonds is 4. The SMILES string of the molecule is Cc1cc(C)c2cc(C(=O)NC(C)Cn3cccn3)[nH]c2c1. The topological polar surface area (TPSA) is 62.7 Å². The van der Waals surface area contributed by atoms with Crippen LogP contribution >= 0.6 is 0 Å². The molecule has 2 N–H and O–H groups in total. The Kier molecular flexibility index (Phi) is 3.71. The van der Waals surface area contributed by atoms with Crippen molar-refractivity contribution in [2.75, 3.05) is 0 Å². The Morgan fingerprint density at radius 3 is 2.91 bits per heavy atom. The molecule has 0 fully saturated rings. The van der Waals surface area contributed by atoms with E-state index in [0.717, 1.165) is 10.9 Å². The van der Waals surface area contributed by atoms with Gasteiger partial charge in [-0.2, -0.15) is 5.10 Å². The maximum atomic E-state index is 12.4. The van der Waals surface area contributed by atoms with E-state index in [4.69, 9.17) is 0 Å². The summed E-state index contributed by atoms with van der Waals surface area (Å²) in [6.07, 6.45) is 3.62. The third kappa shape index (κ3) is 2.88. The van der Waals surface area contributed by atoms with E-state index in [-0.39, 0.29) is 11.9 Å². The molecular formula is C17H20N4O. The number of hydrogen-bond acceptors (Lipinski definition) is 2. The van der Waals surface area contributed by atoms with Gasteiger partial charge in [-0.05, 0) is 50.1 Å². The largest absolute Gasteiger partial charge is 0.351 e. The number of carbonyl (C=O) groups excluding carboxylic acids is 1. The molecule has 0 spiro atoms. The van der Waals surface area contributed by atoms with Gasteiger partial charge in [0.25, 0.3) is 5.91 Å². The number of aromatic amines is 1. The van der Waals surface area contributed by atoms with Crippen LogP contribution in [0.25, 0.3) is 10.9 Å². The average molecular weight is 296 g/mol. The number of aromatic nitrogens is 3. The van der Waals surface area contributed by atoms with E-state index in [1.54, 1.807) is 6.20 Å². The molecule has 1 atom stereocenters. The van der Waals surface area contributed by atoms with Gasteiger partial charge in [0, 0.05) is 29.3 Å². The summed E-state index contributed by atoms with van der Waals surface area (Å²) < 4.78 is 1.81. The summed E-state index contributed by atoms with van der Waals surface area (Å²) in [6, 6.07) is 7.98. The molecule has 0 radical (unpaired) electrons. The highest BCUT2D eigenvalue weighted by Gasteiger charge is 2.14. The first-order chi connectivity index (χ1) is 10.5. The molecule has 0 bridgehead atoms. The molecule has 0 aliphatic carbocycles. The van der Waals surface area contributed by atoms with Crippen LogP contribution in [0.4, 0.5) is 0 Å². The van der Waals surface area contributed by atoms with E-state index in [1.165, 1.54) is 11.1 Å². The van der Waals surface area contributed by atoms with Gasteiger partial charge in [0.05, 0.1) is 6.54 Å². The summed E-state index contributed by atoms with van der Waals surface area (Å²) in [5.41, 5.74) is 3.96. The first kappa shape index (κ1) is 14.4. The molecule has 22 heavy (non-hydrogen) atoms. The number of nitrogens with one attached hydrogen (secondary N) is 2. The van der Waals surface area contributed by atoms with Crippen molar-refractivity contribution in [1.29, 1.82) is 0 Å². The van der Waals surface area contributed by atoms with Gasteiger partial charge in [-0.15, -0.1) is 0 Å². The summed E-state index contributed by atoms with van der Waals surface area (Å²) >= 11 is 0. The predicted octanol–water partition coefficient (Wildman–Crippen LogP) is 2.80. The molecule has 0 aliphatic rings. The van der Waals surface area contributed by atoms with E-state index in [2.05, 4.69) is 41.4 Å². The molecule has 114 valence electrons. The van der Waals surface area contributed by atoms with Gasteiger partial charge in [-0.25, -0.2) is 0 Å². The molecule has 5 heteroatoms. The van der Waals surface area contributed by atoms with Crippen molar-refractivity contribution in [3.63, 3.8) is 0 Å². The predicted molar refractivity (Wildman–Crippen MR) is 86.9 cm³/mol. The smallest absolute Gasteiger partial charge is 0.267 e. The molecular weight excluding hydrogens is 276 g/mol. The fourth-order valence-electron chi connectivity index (χ4n) is 2.76. The third-order valence-electron chi connectivity index (χ3n) is 3.73. The maximum Gasteiger partial charge on any atom is 0.267 e. The summed E-state index contributed by atoms with van der Waals surface area (Å²) in [5.74, 6) is -0.0899. The number of amides is 1. The minimum atomic E-state index is -0.0899. The van der Waals surface area contributed by atoms with E-state index in [1.807, 2.05) is 29.9 Å². The number of H-pyrrole nitrogens is 1. The lowest BCUT2D eigenvalue weighted by Crippen LogP contribution is -2.35. The molecule has 1 unspecified atom stereocenters. The van der Waals surface area contributed by atoms with Crippen molar-refractivity contribution in [2.24, 2.45) is 0 Å². The van der Waals surface area contributed by atoms with Crippen molar-refractivity contribution in [3.05, 3.63) is 53.5 Å². The number of hydrogen-bond donors (Lipinski definition) is 2. The second-order valence-electron chi connectivity index (χ2n) is 5.83. The van der Waals surface area contributed by atoms with Gasteiger partial charge in [-0.1, -0.05) is 6.07 Å². The second-order valence-corrected chi connectivity index (χ2v) is 5.83. The monoisotopic (exact) mass is 296 g/mol. The quantitative estimate of drug-likeness (QED) is 0.777. The lowest BCUT2D eigenvalue weighted by molar-refractivity contribution is 0.0932. The Hall–Kier alpha value is -2.56. The zero-order valence-corrected chi connectivity index (χ0v) is 13.1. The molecule has 1 aromatic carbocycles. The van der Waals surface area contributed by atoms with Crippen LogP contribution in [-0.4, -0.2) is 26.7 Å². The van der Waals surface area contributed by atoms with Crippen molar-refractivity contribution >= 4 is 16.8 Å². The van der Waals surface area contributed by atoms with Crippen molar-refractivity contribution in [1.82, 2.24) is 20.1 Å². The Bertz CT molecular complexity index is 802. The molecule has 2 heterocycles. The minimum absolute atomic E-state index is 0.00152. The molecule has 3 aromatic rings. The van der Waals surface area contributed by atoms with Gasteiger partial charge in [0.2, 0.25) is 0 Å². The fraction of sp³-hybridized carbons (Fsp3) is 0.294. The number of benzene rings is 1. The summed E-state index contributed by atoms with van der Waals surface area (Å²) in [4.78, 5) is 15.6. The van der Waals surface area contributed by atoms with Crippen LogP contribution in [0.3, 0.4) is 0 Å². The first-order valence-electron chi connectivity index (χ1n) is 7.41. The highest BCUT2D eigenvalue weighted by molar-refractivity contribution is 5.99. The number of carbonyl (C=O) groups is 1. The van der Waals surface area contributed by atoms with E-state index >= 15 is 0 Å². The summed E-state index contributed by atoms with van der Waals surface area (Å²) in [5, 5.41) is 8.24. The van der Waals surface area contributed by atoms with Crippen LogP contribution in [0.1, 0.15) is 28.5 Å². The maximum absolute atomic E-state index is 12.4. The minimum Gasteiger partial charge on any atom is -0.351 e. The molecule has 1 amide bonds. The van der Waals surface area contributed by atoms with Crippen LogP contribution in [0.5, 0.6) is 0 Å². The zero-order chi connectivity index (χ0) is 15.7. The van der Waals surface area contributed by atoms with Gasteiger partial charge in [0.15, 0.2) is 0 Å². The first-order valence-corrected chi connectivity index (χ1v) is 7.41. The molecule has 5 nitrogen and oxygen atoms in total. The Morgan fingerprint density at radius 2 is 2.18 bits per heavy atom. The molecule has 0 saturated carbocycles. The molecule has 0 saturated heterocycles. The van der Waals surface area contributed by atoms with Crippen molar-refractivity contribution in [3.8, 4) is 0 Å². The van der Waals surface area contributed by atoms with Crippen LogP contribution in [0, 0.1) is 13.8 Å². The van der Waals surface area contributed by atoms with Gasteiger partial charge in [0.1, 0.15) is 5.69 Å². The third-order valence-corrected chi connectivity index (χ3v) is 3.73. The lowest BCUT2D eigenvalue weighted by atomic mass is 10.1. The lowest BCUT2D eigenvalue weighted by Gasteiger charge is -2.13. The van der Waals surface area contributed by atoms with Crippen molar-refractivity contribution < 1.29 is 4.79 Å². The van der Waals surface area contributed by atoms with Gasteiger partial charge < -0.3 is 10.3 Å². The molecule has 0 aliphatic heterocycles. The van der Waals surface area contributed by atoms with Crippen LogP contribution in [-0.2, 0) is 6.54 Å². The van der Waals surface area contributed by atoms with E-state index in [9.17, 15) is 4.79 Å². The van der Waals surface area contributed by atoms with Crippen LogP contribution < -0.4 is 5.32 Å². The normalized spacial score (nSPS) is 12.5. The molecule has 3 rings (SSSR count).